The SMILES string of the molecule is CC(NC(=O)C(=O)NCC(N)=S)c1ccccn1. The van der Waals surface area contributed by atoms with Gasteiger partial charge in [-0.15, -0.1) is 0 Å². The molecule has 0 radical (unpaired) electrons. The molecule has 0 spiro atoms. The van der Waals surface area contributed by atoms with Crippen molar-refractivity contribution in [3.8, 4) is 0 Å². The molecule has 0 bridgehead atoms. The van der Waals surface area contributed by atoms with E-state index < -0.39 is 11.8 Å². The van der Waals surface area contributed by atoms with Crippen molar-refractivity contribution >= 4 is 29.0 Å². The molecule has 6 nitrogen and oxygen atoms in total. The molecule has 7 heteroatoms. The number of nitrogens with zero attached hydrogens (tertiary/aromatic N) is 1. The molecule has 0 aliphatic heterocycles. The Labute approximate surface area is 110 Å². The molecule has 0 aromatic carbocycles. The summed E-state index contributed by atoms with van der Waals surface area (Å²) in [5.41, 5.74) is 5.88. The largest absolute Gasteiger partial charge is 0.392 e. The summed E-state index contributed by atoms with van der Waals surface area (Å²) in [7, 11) is 0. The van der Waals surface area contributed by atoms with Gasteiger partial charge < -0.3 is 16.4 Å². The summed E-state index contributed by atoms with van der Waals surface area (Å²) < 4.78 is 0. The van der Waals surface area contributed by atoms with Crippen LogP contribution in [0.15, 0.2) is 24.4 Å². The molecule has 0 saturated carbocycles. The quantitative estimate of drug-likeness (QED) is 0.512. The number of amides is 2. The summed E-state index contributed by atoms with van der Waals surface area (Å²) in [6, 6.07) is 4.98. The highest BCUT2D eigenvalue weighted by Crippen LogP contribution is 2.06. The van der Waals surface area contributed by atoms with Crippen LogP contribution < -0.4 is 16.4 Å². The highest BCUT2D eigenvalue weighted by atomic mass is 32.1. The lowest BCUT2D eigenvalue weighted by atomic mass is 10.2. The smallest absolute Gasteiger partial charge is 0.309 e. The summed E-state index contributed by atoms with van der Waals surface area (Å²) in [6.45, 7) is 1.74. The van der Waals surface area contributed by atoms with Crippen LogP contribution in [0.3, 0.4) is 0 Å². The number of pyridine rings is 1. The van der Waals surface area contributed by atoms with Crippen molar-refractivity contribution in [1.82, 2.24) is 15.6 Å². The normalized spacial score (nSPS) is 11.4. The van der Waals surface area contributed by atoms with Gasteiger partial charge in [0.2, 0.25) is 0 Å². The van der Waals surface area contributed by atoms with E-state index in [1.54, 1.807) is 31.3 Å². The van der Waals surface area contributed by atoms with Gasteiger partial charge in [-0.25, -0.2) is 0 Å². The van der Waals surface area contributed by atoms with Crippen LogP contribution in [-0.2, 0) is 9.59 Å². The minimum absolute atomic E-state index is 0.000442. The van der Waals surface area contributed by atoms with Gasteiger partial charge in [0.25, 0.3) is 0 Å². The van der Waals surface area contributed by atoms with Crippen molar-refractivity contribution in [2.45, 2.75) is 13.0 Å². The summed E-state index contributed by atoms with van der Waals surface area (Å²) in [6.07, 6.45) is 1.62. The number of hydrogen-bond acceptors (Lipinski definition) is 4. The van der Waals surface area contributed by atoms with E-state index in [2.05, 4.69) is 27.8 Å². The highest BCUT2D eigenvalue weighted by molar-refractivity contribution is 7.80. The molecule has 0 fully saturated rings. The van der Waals surface area contributed by atoms with Crippen LogP contribution in [0, 0.1) is 0 Å². The van der Waals surface area contributed by atoms with E-state index in [4.69, 9.17) is 5.73 Å². The maximum Gasteiger partial charge on any atom is 0.309 e. The molecule has 0 aliphatic rings. The van der Waals surface area contributed by atoms with E-state index >= 15 is 0 Å². The first-order valence-electron chi connectivity index (χ1n) is 5.28. The Balaban J connectivity index is 2.49. The number of carbonyl (C=O) groups excluding carboxylic acids is 2. The van der Waals surface area contributed by atoms with Crippen molar-refractivity contribution in [2.75, 3.05) is 6.54 Å². The fourth-order valence-corrected chi connectivity index (χ4v) is 1.29. The fourth-order valence-electron chi connectivity index (χ4n) is 1.22. The van der Waals surface area contributed by atoms with Crippen LogP contribution in [0.4, 0.5) is 0 Å². The first kappa shape index (κ1) is 14.0. The number of hydrogen-bond donors (Lipinski definition) is 3. The Morgan fingerprint density at radius 2 is 2.17 bits per heavy atom. The molecule has 18 heavy (non-hydrogen) atoms. The molecular weight excluding hydrogens is 252 g/mol. The van der Waals surface area contributed by atoms with Gasteiger partial charge in [-0.05, 0) is 19.1 Å². The first-order valence-corrected chi connectivity index (χ1v) is 5.69. The predicted molar refractivity (Wildman–Crippen MR) is 70.6 cm³/mol. The van der Waals surface area contributed by atoms with E-state index in [0.29, 0.717) is 5.69 Å². The van der Waals surface area contributed by atoms with Gasteiger partial charge >= 0.3 is 11.8 Å². The average Bonchev–Trinajstić information content (AvgIpc) is 2.36. The van der Waals surface area contributed by atoms with Crippen LogP contribution in [0.5, 0.6) is 0 Å². The van der Waals surface area contributed by atoms with Gasteiger partial charge in [0.05, 0.1) is 23.3 Å². The number of aromatic nitrogens is 1. The number of thiocarbonyl (C=S) groups is 1. The first-order chi connectivity index (χ1) is 8.50. The van der Waals surface area contributed by atoms with Crippen LogP contribution in [-0.4, -0.2) is 28.3 Å². The van der Waals surface area contributed by atoms with Crippen LogP contribution in [0.1, 0.15) is 18.7 Å². The fraction of sp³-hybridized carbons (Fsp3) is 0.273. The number of rotatable bonds is 4. The number of nitrogens with two attached hydrogens (primary N) is 1. The van der Waals surface area contributed by atoms with Crippen molar-refractivity contribution < 1.29 is 9.59 Å². The Morgan fingerprint density at radius 3 is 2.72 bits per heavy atom. The van der Waals surface area contributed by atoms with Crippen molar-refractivity contribution in [3.05, 3.63) is 30.1 Å². The summed E-state index contributed by atoms with van der Waals surface area (Å²) in [4.78, 5) is 27.1. The van der Waals surface area contributed by atoms with Crippen molar-refractivity contribution in [2.24, 2.45) is 5.73 Å². The molecular formula is C11H14N4O2S. The standard InChI is InChI=1S/C11H14N4O2S/c1-7(8-4-2-3-5-13-8)15-11(17)10(16)14-6-9(12)18/h2-5,7H,6H2,1H3,(H2,12,18)(H,14,16)(H,15,17). The zero-order valence-corrected chi connectivity index (χ0v) is 10.7. The Morgan fingerprint density at radius 1 is 1.44 bits per heavy atom. The second-order valence-electron chi connectivity index (χ2n) is 3.60. The van der Waals surface area contributed by atoms with Crippen LogP contribution in [0.2, 0.25) is 0 Å². The van der Waals surface area contributed by atoms with Crippen LogP contribution in [0.25, 0.3) is 0 Å². The van der Waals surface area contributed by atoms with E-state index in [1.807, 2.05) is 0 Å². The zero-order valence-electron chi connectivity index (χ0n) is 9.84. The van der Waals surface area contributed by atoms with Gasteiger partial charge in [-0.1, -0.05) is 18.3 Å². The monoisotopic (exact) mass is 266 g/mol. The Kier molecular flexibility index (Phi) is 5.19. The lowest BCUT2D eigenvalue weighted by Gasteiger charge is -2.12. The van der Waals surface area contributed by atoms with E-state index in [0.717, 1.165) is 0 Å². The molecule has 1 aromatic rings. The van der Waals surface area contributed by atoms with Gasteiger partial charge in [0.15, 0.2) is 0 Å². The highest BCUT2D eigenvalue weighted by Gasteiger charge is 2.17. The zero-order chi connectivity index (χ0) is 13.5. The second kappa shape index (κ2) is 6.65. The Bertz CT molecular complexity index is 450. The molecule has 2 amide bonds. The summed E-state index contributed by atoms with van der Waals surface area (Å²) >= 11 is 4.59. The van der Waals surface area contributed by atoms with Gasteiger partial charge in [0, 0.05) is 6.20 Å². The van der Waals surface area contributed by atoms with Crippen LogP contribution >= 0.6 is 12.2 Å². The minimum Gasteiger partial charge on any atom is -0.392 e. The summed E-state index contributed by atoms with van der Waals surface area (Å²) in [5.74, 6) is -1.52. The molecule has 0 aliphatic carbocycles. The summed E-state index contributed by atoms with van der Waals surface area (Å²) in [5, 5.41) is 4.82. The van der Waals surface area contributed by atoms with E-state index in [9.17, 15) is 9.59 Å². The lowest BCUT2D eigenvalue weighted by Crippen LogP contribution is -2.43. The molecule has 96 valence electrons. The molecule has 1 rings (SSSR count). The number of carbonyl (C=O) groups is 2. The predicted octanol–water partition coefficient (Wildman–Crippen LogP) is -0.339. The van der Waals surface area contributed by atoms with Gasteiger partial charge in [-0.3, -0.25) is 14.6 Å². The molecule has 1 atom stereocenters. The lowest BCUT2D eigenvalue weighted by molar-refractivity contribution is -0.139. The topological polar surface area (TPSA) is 97.1 Å². The maximum atomic E-state index is 11.5. The second-order valence-corrected chi connectivity index (χ2v) is 4.12. The van der Waals surface area contributed by atoms with Crippen molar-refractivity contribution in [1.29, 1.82) is 0 Å². The minimum atomic E-state index is -0.773. The third-order valence-electron chi connectivity index (χ3n) is 2.11. The molecule has 1 unspecified atom stereocenters. The van der Waals surface area contributed by atoms with Gasteiger partial charge in [0.1, 0.15) is 0 Å². The third-order valence-corrected chi connectivity index (χ3v) is 2.25. The molecule has 1 aromatic heterocycles. The van der Waals surface area contributed by atoms with E-state index in [-0.39, 0.29) is 17.6 Å². The average molecular weight is 266 g/mol. The third kappa shape index (κ3) is 4.46. The molecule has 4 N–H and O–H groups in total. The molecule has 0 saturated heterocycles. The van der Waals surface area contributed by atoms with E-state index in [1.165, 1.54) is 0 Å². The molecule has 1 heterocycles. The Hall–Kier alpha value is -2.02. The van der Waals surface area contributed by atoms with Crippen molar-refractivity contribution in [3.63, 3.8) is 0 Å². The maximum absolute atomic E-state index is 11.5. The van der Waals surface area contributed by atoms with Gasteiger partial charge in [-0.2, -0.15) is 0 Å². The number of nitrogens with one attached hydrogen (secondary N) is 2.